The van der Waals surface area contributed by atoms with E-state index in [9.17, 15) is 0 Å². The van der Waals surface area contributed by atoms with Crippen LogP contribution < -0.4 is 0 Å². The first-order valence-corrected chi connectivity index (χ1v) is 3.09. The van der Waals surface area contributed by atoms with Crippen molar-refractivity contribution in [2.45, 2.75) is 26.4 Å². The summed E-state index contributed by atoms with van der Waals surface area (Å²) in [5, 5.41) is 9.12. The molecule has 0 aromatic carbocycles. The number of allylic oxidation sites excluding steroid dienone is 3. The molecule has 0 aromatic heterocycles. The first kappa shape index (κ1) is 8.44. The molecule has 0 saturated heterocycles. The zero-order valence-electron chi connectivity index (χ0n) is 6.26. The van der Waals surface area contributed by atoms with E-state index in [4.69, 9.17) is 5.11 Å². The molecule has 0 saturated carbocycles. The van der Waals surface area contributed by atoms with Crippen LogP contribution in [0.4, 0.5) is 0 Å². The Morgan fingerprint density at radius 1 is 1.22 bits per heavy atom. The minimum atomic E-state index is -0.681. The number of aliphatic hydroxyl groups is 1. The van der Waals surface area contributed by atoms with Gasteiger partial charge in [-0.2, -0.15) is 0 Å². The van der Waals surface area contributed by atoms with Gasteiger partial charge in [-0.25, -0.2) is 0 Å². The summed E-state index contributed by atoms with van der Waals surface area (Å²) in [6, 6.07) is 0. The van der Waals surface area contributed by atoms with Crippen LogP contribution in [0.25, 0.3) is 0 Å². The fraction of sp³-hybridized carbons (Fsp3) is 0.500. The Morgan fingerprint density at radius 2 is 1.78 bits per heavy atom. The molecule has 0 heterocycles. The van der Waals surface area contributed by atoms with Gasteiger partial charge in [0, 0.05) is 0 Å². The van der Waals surface area contributed by atoms with Gasteiger partial charge in [-0.3, -0.25) is 0 Å². The van der Waals surface area contributed by atoms with E-state index in [1.54, 1.807) is 19.9 Å². The van der Waals surface area contributed by atoms with Crippen LogP contribution >= 0.6 is 0 Å². The van der Waals surface area contributed by atoms with E-state index in [2.05, 4.69) is 0 Å². The van der Waals surface area contributed by atoms with Crippen LogP contribution in [0.3, 0.4) is 0 Å². The molecule has 0 aromatic rings. The lowest BCUT2D eigenvalue weighted by atomic mass is 10.1. The maximum absolute atomic E-state index is 9.12. The van der Waals surface area contributed by atoms with Crippen LogP contribution in [0.1, 0.15) is 20.8 Å². The number of rotatable bonds is 2. The van der Waals surface area contributed by atoms with E-state index < -0.39 is 5.60 Å². The summed E-state index contributed by atoms with van der Waals surface area (Å²) in [5.74, 6) is 0. The predicted octanol–water partition coefficient (Wildman–Crippen LogP) is 1.89. The minimum absolute atomic E-state index is 0.681. The van der Waals surface area contributed by atoms with Gasteiger partial charge in [0.15, 0.2) is 0 Å². The minimum Gasteiger partial charge on any atom is -0.386 e. The fourth-order valence-corrected chi connectivity index (χ4v) is 0.402. The average Bonchev–Trinajstić information content (AvgIpc) is 1.63. The summed E-state index contributed by atoms with van der Waals surface area (Å²) >= 11 is 0. The van der Waals surface area contributed by atoms with Gasteiger partial charge >= 0.3 is 0 Å². The topological polar surface area (TPSA) is 20.2 Å². The van der Waals surface area contributed by atoms with Gasteiger partial charge < -0.3 is 5.11 Å². The Kier molecular flexibility index (Phi) is 3.25. The van der Waals surface area contributed by atoms with E-state index in [0.717, 1.165) is 0 Å². The lowest BCUT2D eigenvalue weighted by molar-refractivity contribution is 0.133. The van der Waals surface area contributed by atoms with Crippen LogP contribution in [0.2, 0.25) is 0 Å². The molecule has 9 heavy (non-hydrogen) atoms. The molecule has 0 aliphatic heterocycles. The largest absolute Gasteiger partial charge is 0.386 e. The Morgan fingerprint density at radius 3 is 2.11 bits per heavy atom. The normalized spacial score (nSPS) is 13.8. The van der Waals surface area contributed by atoms with Crippen molar-refractivity contribution in [2.24, 2.45) is 0 Å². The number of hydrogen-bond donors (Lipinski definition) is 1. The van der Waals surface area contributed by atoms with Gasteiger partial charge in [-0.1, -0.05) is 24.3 Å². The molecular weight excluding hydrogens is 112 g/mol. The van der Waals surface area contributed by atoms with Gasteiger partial charge in [0.2, 0.25) is 0 Å². The SMILES string of the molecule is C/C=C/C=C/C(C)(C)O. The van der Waals surface area contributed by atoms with Gasteiger partial charge in [0.05, 0.1) is 5.60 Å². The van der Waals surface area contributed by atoms with Crippen molar-refractivity contribution < 1.29 is 5.11 Å². The molecule has 0 fully saturated rings. The van der Waals surface area contributed by atoms with E-state index in [-0.39, 0.29) is 0 Å². The maximum atomic E-state index is 9.12. The van der Waals surface area contributed by atoms with Crippen molar-refractivity contribution in [3.8, 4) is 0 Å². The van der Waals surface area contributed by atoms with Gasteiger partial charge in [0.25, 0.3) is 0 Å². The van der Waals surface area contributed by atoms with Gasteiger partial charge in [-0.05, 0) is 20.8 Å². The Hall–Kier alpha value is -0.560. The molecule has 0 atom stereocenters. The van der Waals surface area contributed by atoms with Crippen molar-refractivity contribution in [3.63, 3.8) is 0 Å². The predicted molar refractivity (Wildman–Crippen MR) is 40.3 cm³/mol. The summed E-state index contributed by atoms with van der Waals surface area (Å²) in [6.45, 7) is 5.43. The highest BCUT2D eigenvalue weighted by atomic mass is 16.3. The third-order valence-corrected chi connectivity index (χ3v) is 0.808. The number of hydrogen-bond acceptors (Lipinski definition) is 1. The summed E-state index contributed by atoms with van der Waals surface area (Å²) < 4.78 is 0. The molecule has 1 heteroatoms. The smallest absolute Gasteiger partial charge is 0.0774 e. The monoisotopic (exact) mass is 126 g/mol. The first-order valence-electron chi connectivity index (χ1n) is 3.09. The van der Waals surface area contributed by atoms with Crippen molar-refractivity contribution in [3.05, 3.63) is 24.3 Å². The third kappa shape index (κ3) is 7.44. The quantitative estimate of drug-likeness (QED) is 0.560. The van der Waals surface area contributed by atoms with E-state index in [1.165, 1.54) is 0 Å². The molecule has 0 radical (unpaired) electrons. The second kappa shape index (κ2) is 3.46. The fourth-order valence-electron chi connectivity index (χ4n) is 0.402. The van der Waals surface area contributed by atoms with Crippen LogP contribution in [0, 0.1) is 0 Å². The highest BCUT2D eigenvalue weighted by molar-refractivity contribution is 5.06. The lowest BCUT2D eigenvalue weighted by Gasteiger charge is -2.08. The molecule has 1 N–H and O–H groups in total. The highest BCUT2D eigenvalue weighted by Gasteiger charge is 2.03. The summed E-state index contributed by atoms with van der Waals surface area (Å²) in [4.78, 5) is 0. The highest BCUT2D eigenvalue weighted by Crippen LogP contribution is 2.01. The zero-order chi connectivity index (χ0) is 7.33. The van der Waals surface area contributed by atoms with Crippen molar-refractivity contribution in [2.75, 3.05) is 0 Å². The van der Waals surface area contributed by atoms with Crippen LogP contribution in [-0.4, -0.2) is 10.7 Å². The average molecular weight is 126 g/mol. The standard InChI is InChI=1S/C8H14O/c1-4-5-6-7-8(2,3)9/h4-7,9H,1-3H3/b5-4+,7-6+. The van der Waals surface area contributed by atoms with E-state index in [1.807, 2.05) is 25.2 Å². The molecule has 0 spiro atoms. The van der Waals surface area contributed by atoms with Crippen LogP contribution in [0.5, 0.6) is 0 Å². The summed E-state index contributed by atoms with van der Waals surface area (Å²) in [5.41, 5.74) is -0.681. The summed E-state index contributed by atoms with van der Waals surface area (Å²) in [7, 11) is 0. The Bertz CT molecular complexity index is 115. The molecule has 0 aliphatic rings. The Labute approximate surface area is 56.7 Å². The first-order chi connectivity index (χ1) is 4.06. The Balaban J connectivity index is 3.71. The maximum Gasteiger partial charge on any atom is 0.0774 e. The molecular formula is C8H14O. The van der Waals surface area contributed by atoms with Crippen LogP contribution in [0.15, 0.2) is 24.3 Å². The molecule has 0 rings (SSSR count). The van der Waals surface area contributed by atoms with Gasteiger partial charge in [-0.15, -0.1) is 0 Å². The molecule has 52 valence electrons. The van der Waals surface area contributed by atoms with Crippen molar-refractivity contribution >= 4 is 0 Å². The third-order valence-electron chi connectivity index (χ3n) is 0.808. The second-order valence-electron chi connectivity index (χ2n) is 2.54. The lowest BCUT2D eigenvalue weighted by Crippen LogP contribution is -2.13. The zero-order valence-corrected chi connectivity index (χ0v) is 6.26. The second-order valence-corrected chi connectivity index (χ2v) is 2.54. The van der Waals surface area contributed by atoms with Crippen molar-refractivity contribution in [1.29, 1.82) is 0 Å². The van der Waals surface area contributed by atoms with Gasteiger partial charge in [0.1, 0.15) is 0 Å². The molecule has 0 amide bonds. The van der Waals surface area contributed by atoms with Crippen LogP contribution in [-0.2, 0) is 0 Å². The summed E-state index contributed by atoms with van der Waals surface area (Å²) in [6.07, 6.45) is 7.38. The van der Waals surface area contributed by atoms with E-state index >= 15 is 0 Å². The molecule has 0 aliphatic carbocycles. The van der Waals surface area contributed by atoms with E-state index in [0.29, 0.717) is 0 Å². The molecule has 0 bridgehead atoms. The van der Waals surface area contributed by atoms with Crippen molar-refractivity contribution in [1.82, 2.24) is 0 Å². The molecule has 0 unspecified atom stereocenters. The molecule has 1 nitrogen and oxygen atoms in total.